The fourth-order valence-electron chi connectivity index (χ4n) is 1.81. The number of hydrogen-bond donors (Lipinski definition) is 1. The van der Waals surface area contributed by atoms with Gasteiger partial charge < -0.3 is 10.1 Å². The summed E-state index contributed by atoms with van der Waals surface area (Å²) in [5.74, 6) is -2.28. The normalized spacial score (nSPS) is 10.6. The fraction of sp³-hybridized carbons (Fsp3) is 0.143. The average molecular weight is 425 g/mol. The van der Waals surface area contributed by atoms with Crippen molar-refractivity contribution in [1.29, 1.82) is 0 Å². The highest BCUT2D eigenvalue weighted by atomic mass is 79.9. The molecule has 2 rings (SSSR count). The summed E-state index contributed by atoms with van der Waals surface area (Å²) >= 11 is 6.68. The first-order chi connectivity index (χ1) is 9.92. The van der Waals surface area contributed by atoms with Crippen molar-refractivity contribution in [2.45, 2.75) is 6.54 Å². The van der Waals surface area contributed by atoms with Crippen LogP contribution in [0.2, 0.25) is 0 Å². The number of halogens is 5. The Balaban J connectivity index is 2.21. The van der Waals surface area contributed by atoms with Crippen LogP contribution in [0.15, 0.2) is 33.2 Å². The van der Waals surface area contributed by atoms with Crippen molar-refractivity contribution < 1.29 is 17.9 Å². The Morgan fingerprint density at radius 3 is 2.00 bits per heavy atom. The van der Waals surface area contributed by atoms with Crippen LogP contribution in [0.1, 0.15) is 5.56 Å². The van der Waals surface area contributed by atoms with Gasteiger partial charge in [-0.25, -0.2) is 13.2 Å². The first-order valence-corrected chi connectivity index (χ1v) is 7.41. The highest BCUT2D eigenvalue weighted by Gasteiger charge is 2.12. The van der Waals surface area contributed by atoms with E-state index in [2.05, 4.69) is 37.2 Å². The minimum atomic E-state index is -0.973. The Kier molecular flexibility index (Phi) is 5.16. The molecule has 2 nitrogen and oxygen atoms in total. The van der Waals surface area contributed by atoms with E-state index in [4.69, 9.17) is 4.74 Å². The number of rotatable bonds is 4. The summed E-state index contributed by atoms with van der Waals surface area (Å²) in [6.45, 7) is 0.167. The summed E-state index contributed by atoms with van der Waals surface area (Å²) in [7, 11) is 1.53. The van der Waals surface area contributed by atoms with E-state index in [1.54, 1.807) is 12.1 Å². The maximum atomic E-state index is 13.5. The number of anilines is 1. The molecule has 7 heteroatoms. The number of methoxy groups -OCH3 is 1. The van der Waals surface area contributed by atoms with Crippen molar-refractivity contribution in [3.63, 3.8) is 0 Å². The van der Waals surface area contributed by atoms with Crippen LogP contribution >= 0.6 is 31.9 Å². The number of benzene rings is 2. The summed E-state index contributed by atoms with van der Waals surface area (Å²) in [5, 5.41) is 2.62. The van der Waals surface area contributed by atoms with Gasteiger partial charge in [0, 0.05) is 18.7 Å². The van der Waals surface area contributed by atoms with Crippen molar-refractivity contribution in [2.75, 3.05) is 12.4 Å². The van der Waals surface area contributed by atoms with Crippen molar-refractivity contribution in [2.24, 2.45) is 0 Å². The maximum absolute atomic E-state index is 13.5. The largest absolute Gasteiger partial charge is 0.494 e. The third kappa shape index (κ3) is 3.71. The highest BCUT2D eigenvalue weighted by molar-refractivity contribution is 9.11. The van der Waals surface area contributed by atoms with Crippen molar-refractivity contribution in [3.8, 4) is 5.75 Å². The fourth-order valence-corrected chi connectivity index (χ4v) is 3.42. The average Bonchev–Trinajstić information content (AvgIpc) is 2.37. The Bertz CT molecular complexity index is 633. The van der Waals surface area contributed by atoms with Gasteiger partial charge in [0.2, 0.25) is 0 Å². The summed E-state index contributed by atoms with van der Waals surface area (Å²) in [6, 6.07) is 4.78. The molecule has 0 atom stereocenters. The van der Waals surface area contributed by atoms with Crippen LogP contribution in [0.5, 0.6) is 5.75 Å². The molecule has 0 saturated heterocycles. The lowest BCUT2D eigenvalue weighted by molar-refractivity contribution is 0.409. The molecule has 2 aromatic carbocycles. The molecule has 0 radical (unpaired) electrons. The van der Waals surface area contributed by atoms with E-state index in [1.165, 1.54) is 7.11 Å². The smallest absolute Gasteiger partial charge is 0.152 e. The molecule has 0 aromatic heterocycles. The zero-order valence-electron chi connectivity index (χ0n) is 10.8. The first kappa shape index (κ1) is 16.2. The summed E-state index contributed by atoms with van der Waals surface area (Å²) in [4.78, 5) is 0. The number of nitrogens with one attached hydrogen (secondary N) is 1. The minimum Gasteiger partial charge on any atom is -0.494 e. The number of hydrogen-bond acceptors (Lipinski definition) is 2. The van der Waals surface area contributed by atoms with Crippen LogP contribution in [0.4, 0.5) is 18.9 Å². The van der Waals surface area contributed by atoms with Crippen LogP contribution in [-0.4, -0.2) is 7.11 Å². The zero-order valence-corrected chi connectivity index (χ0v) is 14.0. The molecule has 21 heavy (non-hydrogen) atoms. The maximum Gasteiger partial charge on any atom is 0.152 e. The second kappa shape index (κ2) is 6.70. The van der Waals surface area contributed by atoms with Gasteiger partial charge in [-0.2, -0.15) is 0 Å². The Labute approximate surface area is 136 Å². The van der Waals surface area contributed by atoms with Crippen LogP contribution in [-0.2, 0) is 6.54 Å². The summed E-state index contributed by atoms with van der Waals surface area (Å²) in [6.07, 6.45) is 0. The predicted molar refractivity (Wildman–Crippen MR) is 82.0 cm³/mol. The Morgan fingerprint density at radius 1 is 1.00 bits per heavy atom. The lowest BCUT2D eigenvalue weighted by Gasteiger charge is -2.12. The zero-order chi connectivity index (χ0) is 15.6. The molecule has 0 amide bonds. The molecule has 0 saturated carbocycles. The molecule has 1 N–H and O–H groups in total. The molecule has 2 aromatic rings. The van der Waals surface area contributed by atoms with E-state index in [-0.39, 0.29) is 12.2 Å². The third-order valence-electron chi connectivity index (χ3n) is 2.74. The van der Waals surface area contributed by atoms with Gasteiger partial charge in [-0.05, 0) is 49.6 Å². The number of ether oxygens (including phenoxy) is 1. The van der Waals surface area contributed by atoms with Gasteiger partial charge in [0.15, 0.2) is 11.6 Å². The van der Waals surface area contributed by atoms with E-state index in [0.29, 0.717) is 26.8 Å². The van der Waals surface area contributed by atoms with Gasteiger partial charge in [0.25, 0.3) is 0 Å². The SMILES string of the molecule is COc1c(Br)cc(CNc2c(F)cc(F)cc2F)cc1Br. The van der Waals surface area contributed by atoms with E-state index in [0.717, 1.165) is 5.56 Å². The quantitative estimate of drug-likeness (QED) is 0.723. The van der Waals surface area contributed by atoms with Crippen molar-refractivity contribution in [1.82, 2.24) is 0 Å². The second-order valence-electron chi connectivity index (χ2n) is 4.19. The summed E-state index contributed by atoms with van der Waals surface area (Å²) < 4.78 is 46.4. The van der Waals surface area contributed by atoms with Crippen LogP contribution in [0.3, 0.4) is 0 Å². The predicted octanol–water partition coefficient (Wildman–Crippen LogP) is 5.25. The van der Waals surface area contributed by atoms with E-state index in [1.807, 2.05) is 0 Å². The minimum absolute atomic E-state index is 0.167. The van der Waals surface area contributed by atoms with Gasteiger partial charge in [-0.15, -0.1) is 0 Å². The van der Waals surface area contributed by atoms with Gasteiger partial charge in [0.05, 0.1) is 16.1 Å². The molecule has 0 unspecified atom stereocenters. The molecule has 0 bridgehead atoms. The monoisotopic (exact) mass is 423 g/mol. The molecular formula is C14H10Br2F3NO. The molecule has 0 aliphatic carbocycles. The topological polar surface area (TPSA) is 21.3 Å². The van der Waals surface area contributed by atoms with Crippen LogP contribution < -0.4 is 10.1 Å². The molecule has 0 aliphatic rings. The standard InChI is InChI=1S/C14H10Br2F3NO/c1-21-14-9(15)2-7(3-10(14)16)6-20-13-11(18)4-8(17)5-12(13)19/h2-5,20H,6H2,1H3. The van der Waals surface area contributed by atoms with Gasteiger partial charge in [-0.3, -0.25) is 0 Å². The first-order valence-electron chi connectivity index (χ1n) is 5.82. The Morgan fingerprint density at radius 2 is 1.52 bits per heavy atom. The van der Waals surface area contributed by atoms with Gasteiger partial charge in [0.1, 0.15) is 17.3 Å². The van der Waals surface area contributed by atoms with Gasteiger partial charge in [-0.1, -0.05) is 0 Å². The Hall–Kier alpha value is -1.21. The lowest BCUT2D eigenvalue weighted by atomic mass is 10.2. The van der Waals surface area contributed by atoms with Crippen molar-refractivity contribution >= 4 is 37.5 Å². The molecule has 0 heterocycles. The van der Waals surface area contributed by atoms with Gasteiger partial charge >= 0.3 is 0 Å². The van der Waals surface area contributed by atoms with E-state index < -0.39 is 17.5 Å². The van der Waals surface area contributed by atoms with Crippen LogP contribution in [0, 0.1) is 17.5 Å². The van der Waals surface area contributed by atoms with E-state index >= 15 is 0 Å². The summed E-state index contributed by atoms with van der Waals surface area (Å²) in [5.41, 5.74) is 0.400. The molecular weight excluding hydrogens is 415 g/mol. The second-order valence-corrected chi connectivity index (χ2v) is 5.90. The van der Waals surface area contributed by atoms with Crippen molar-refractivity contribution in [3.05, 3.63) is 56.2 Å². The highest BCUT2D eigenvalue weighted by Crippen LogP contribution is 2.34. The molecule has 0 fully saturated rings. The molecule has 0 spiro atoms. The molecule has 112 valence electrons. The lowest BCUT2D eigenvalue weighted by Crippen LogP contribution is -2.05. The third-order valence-corrected chi connectivity index (χ3v) is 3.92. The molecule has 0 aliphatic heterocycles. The van der Waals surface area contributed by atoms with Crippen LogP contribution in [0.25, 0.3) is 0 Å². The van der Waals surface area contributed by atoms with E-state index in [9.17, 15) is 13.2 Å².